The summed E-state index contributed by atoms with van der Waals surface area (Å²) in [6, 6.07) is 10.8. The Hall–Kier alpha value is -3.31. The van der Waals surface area contributed by atoms with Crippen LogP contribution in [0.1, 0.15) is 76.4 Å². The summed E-state index contributed by atoms with van der Waals surface area (Å²) in [5.74, 6) is -0.0635. The van der Waals surface area contributed by atoms with Crippen LogP contribution < -0.4 is 10.6 Å². The molecule has 3 aromatic rings. The minimum absolute atomic E-state index is 0.0635. The Bertz CT molecular complexity index is 1470. The number of aryl methyl sites for hydroxylation is 1. The Labute approximate surface area is 252 Å². The van der Waals surface area contributed by atoms with Crippen molar-refractivity contribution < 1.29 is 19.8 Å². The highest BCUT2D eigenvalue weighted by molar-refractivity contribution is 7.16. The lowest BCUT2D eigenvalue weighted by atomic mass is 9.93. The molecule has 1 fully saturated rings. The van der Waals surface area contributed by atoms with Crippen molar-refractivity contribution >= 4 is 34.0 Å². The van der Waals surface area contributed by atoms with Crippen molar-refractivity contribution in [2.45, 2.75) is 78.2 Å². The third kappa shape index (κ3) is 6.52. The molecule has 1 saturated heterocycles. The zero-order valence-electron chi connectivity index (χ0n) is 26.0. The van der Waals surface area contributed by atoms with E-state index < -0.39 is 23.4 Å². The number of hydrogen-bond acceptors (Lipinski definition) is 7. The van der Waals surface area contributed by atoms with Crippen LogP contribution in [-0.4, -0.2) is 62.6 Å². The first kappa shape index (κ1) is 31.6. The maximum absolute atomic E-state index is 13.3. The van der Waals surface area contributed by atoms with Gasteiger partial charge in [0.2, 0.25) is 5.91 Å². The number of nitrogens with zero attached hydrogens (tertiary/aromatic N) is 3. The van der Waals surface area contributed by atoms with Crippen molar-refractivity contribution in [2.24, 2.45) is 0 Å². The SMILES string of the molecule is Cc1ccc(NC(=O)Nc2sc(C(C)(C)C)cc2C(O)N2CCN(C)C(=O)C2(C)C)cc1-c1ccc(C(C)(C)O)nc1. The molecule has 4 N–H and O–H groups in total. The molecule has 1 aliphatic heterocycles. The molecule has 0 spiro atoms. The lowest BCUT2D eigenvalue weighted by molar-refractivity contribution is -0.159. The molecule has 0 aliphatic carbocycles. The number of amides is 3. The Morgan fingerprint density at radius 3 is 2.36 bits per heavy atom. The van der Waals surface area contributed by atoms with Gasteiger partial charge in [0.15, 0.2) is 0 Å². The van der Waals surface area contributed by atoms with Gasteiger partial charge in [-0.3, -0.25) is 20.0 Å². The normalized spacial score (nSPS) is 16.8. The highest BCUT2D eigenvalue weighted by Gasteiger charge is 2.44. The minimum atomic E-state index is -1.08. The first-order valence-corrected chi connectivity index (χ1v) is 14.9. The van der Waals surface area contributed by atoms with E-state index in [-0.39, 0.29) is 11.3 Å². The van der Waals surface area contributed by atoms with Crippen molar-refractivity contribution in [3.05, 3.63) is 64.3 Å². The number of anilines is 2. The van der Waals surface area contributed by atoms with E-state index in [9.17, 15) is 19.8 Å². The van der Waals surface area contributed by atoms with Gasteiger partial charge in [-0.1, -0.05) is 32.9 Å². The van der Waals surface area contributed by atoms with Gasteiger partial charge in [-0.2, -0.15) is 0 Å². The topological polar surface area (TPSA) is 118 Å². The molecule has 9 nitrogen and oxygen atoms in total. The predicted molar refractivity (Wildman–Crippen MR) is 169 cm³/mol. The van der Waals surface area contributed by atoms with Gasteiger partial charge in [0.25, 0.3) is 0 Å². The molecular weight excluding hydrogens is 550 g/mol. The van der Waals surface area contributed by atoms with Crippen LogP contribution in [0.15, 0.2) is 42.6 Å². The van der Waals surface area contributed by atoms with Crippen LogP contribution in [0.5, 0.6) is 0 Å². The van der Waals surface area contributed by atoms with E-state index in [2.05, 4.69) is 36.4 Å². The summed E-state index contributed by atoms with van der Waals surface area (Å²) in [6.07, 6.45) is 0.642. The number of thiophene rings is 1. The van der Waals surface area contributed by atoms with E-state index in [0.717, 1.165) is 21.6 Å². The lowest BCUT2D eigenvalue weighted by Gasteiger charge is -2.46. The minimum Gasteiger partial charge on any atom is -0.384 e. The third-order valence-corrected chi connectivity index (χ3v) is 9.25. The van der Waals surface area contributed by atoms with Crippen molar-refractivity contribution in [3.63, 3.8) is 0 Å². The van der Waals surface area contributed by atoms with E-state index in [0.29, 0.717) is 35.0 Å². The number of aliphatic hydroxyl groups is 2. The Kier molecular flexibility index (Phi) is 8.59. The molecule has 3 heterocycles. The van der Waals surface area contributed by atoms with Crippen molar-refractivity contribution in [3.8, 4) is 11.1 Å². The van der Waals surface area contributed by atoms with E-state index in [4.69, 9.17) is 0 Å². The molecule has 4 rings (SSSR count). The largest absolute Gasteiger partial charge is 0.384 e. The molecular formula is C32H43N5O4S. The van der Waals surface area contributed by atoms with Crippen LogP contribution in [0.2, 0.25) is 0 Å². The summed E-state index contributed by atoms with van der Waals surface area (Å²) in [4.78, 5) is 35.1. The fourth-order valence-corrected chi connectivity index (χ4v) is 6.22. The molecule has 1 unspecified atom stereocenters. The second kappa shape index (κ2) is 11.4. The molecule has 10 heteroatoms. The Morgan fingerprint density at radius 2 is 1.76 bits per heavy atom. The van der Waals surface area contributed by atoms with Crippen LogP contribution in [0, 0.1) is 6.92 Å². The number of piperazine rings is 1. The number of urea groups is 1. The fraction of sp³-hybridized carbons (Fsp3) is 0.469. The average molecular weight is 594 g/mol. The number of carbonyl (C=O) groups excluding carboxylic acids is 2. The monoisotopic (exact) mass is 593 g/mol. The molecule has 1 aromatic carbocycles. The number of likely N-dealkylation sites (N-methyl/N-ethyl adjacent to an activating group) is 1. The summed E-state index contributed by atoms with van der Waals surface area (Å²) >= 11 is 1.42. The van der Waals surface area contributed by atoms with Crippen molar-refractivity contribution in [1.82, 2.24) is 14.8 Å². The van der Waals surface area contributed by atoms with Gasteiger partial charge < -0.3 is 20.4 Å². The molecule has 3 amide bonds. The first-order chi connectivity index (χ1) is 19.4. The first-order valence-electron chi connectivity index (χ1n) is 14.1. The van der Waals surface area contributed by atoms with Crippen LogP contribution in [0.4, 0.5) is 15.5 Å². The van der Waals surface area contributed by atoms with Crippen molar-refractivity contribution in [2.75, 3.05) is 30.8 Å². The standard InChI is InChI=1S/C32H43N5O4S/c1-19-10-12-21(16-22(19)20-11-13-24(33-18-20)32(7,8)41)34-29(40)35-26-23(17-25(42-26)30(2,3)4)27(38)37-15-14-36(9)28(39)31(37,5)6/h10-13,16-18,27,38,41H,14-15H2,1-9H3,(H2,34,35,40). The fourth-order valence-electron chi connectivity index (χ4n) is 5.08. The zero-order chi connectivity index (χ0) is 31.2. The highest BCUT2D eigenvalue weighted by Crippen LogP contribution is 2.42. The van der Waals surface area contributed by atoms with E-state index in [1.54, 1.807) is 43.0 Å². The third-order valence-electron chi connectivity index (χ3n) is 7.76. The van der Waals surface area contributed by atoms with Crippen LogP contribution in [0.25, 0.3) is 11.1 Å². The summed E-state index contributed by atoms with van der Waals surface area (Å²) in [5, 5.41) is 28.2. The van der Waals surface area contributed by atoms with Crippen LogP contribution in [-0.2, 0) is 15.8 Å². The Balaban J connectivity index is 1.59. The van der Waals surface area contributed by atoms with E-state index >= 15 is 0 Å². The average Bonchev–Trinajstić information content (AvgIpc) is 3.32. The maximum atomic E-state index is 13.3. The molecule has 1 atom stereocenters. The van der Waals surface area contributed by atoms with Gasteiger partial charge >= 0.3 is 6.03 Å². The van der Waals surface area contributed by atoms with Gasteiger partial charge in [0.1, 0.15) is 16.8 Å². The molecule has 0 saturated carbocycles. The van der Waals surface area contributed by atoms with Gasteiger partial charge in [-0.15, -0.1) is 11.3 Å². The second-order valence-electron chi connectivity index (χ2n) is 13.1. The molecule has 226 valence electrons. The number of aliphatic hydroxyl groups excluding tert-OH is 1. The lowest BCUT2D eigenvalue weighted by Crippen LogP contribution is -2.62. The smallest absolute Gasteiger partial charge is 0.324 e. The van der Waals surface area contributed by atoms with Gasteiger partial charge in [-0.25, -0.2) is 4.79 Å². The summed E-state index contributed by atoms with van der Waals surface area (Å²) in [6.45, 7) is 16.2. The van der Waals surface area contributed by atoms with Crippen LogP contribution in [0.3, 0.4) is 0 Å². The van der Waals surface area contributed by atoms with Gasteiger partial charge in [0, 0.05) is 48.0 Å². The van der Waals surface area contributed by atoms with Gasteiger partial charge in [-0.05, 0) is 75.4 Å². The summed E-state index contributed by atoms with van der Waals surface area (Å²) < 4.78 is 0. The van der Waals surface area contributed by atoms with Crippen LogP contribution >= 0.6 is 11.3 Å². The second-order valence-corrected chi connectivity index (χ2v) is 14.2. The zero-order valence-corrected chi connectivity index (χ0v) is 26.8. The summed E-state index contributed by atoms with van der Waals surface area (Å²) in [5.41, 5.74) is 2.38. The van der Waals surface area contributed by atoms with E-state index in [1.807, 2.05) is 51.1 Å². The maximum Gasteiger partial charge on any atom is 0.324 e. The molecule has 0 bridgehead atoms. The number of rotatable bonds is 6. The number of hydrogen-bond donors (Lipinski definition) is 4. The quantitative estimate of drug-likeness (QED) is 0.286. The molecule has 0 radical (unpaired) electrons. The van der Waals surface area contributed by atoms with Gasteiger partial charge in [0.05, 0.1) is 11.2 Å². The Morgan fingerprint density at radius 1 is 1.07 bits per heavy atom. The number of pyridine rings is 1. The molecule has 2 aromatic heterocycles. The summed E-state index contributed by atoms with van der Waals surface area (Å²) in [7, 11) is 1.77. The highest BCUT2D eigenvalue weighted by atomic mass is 32.1. The number of benzene rings is 1. The van der Waals surface area contributed by atoms with E-state index in [1.165, 1.54) is 11.3 Å². The number of nitrogens with one attached hydrogen (secondary N) is 2. The molecule has 42 heavy (non-hydrogen) atoms. The number of aromatic nitrogens is 1. The van der Waals surface area contributed by atoms with Crippen molar-refractivity contribution in [1.29, 1.82) is 0 Å². The number of carbonyl (C=O) groups is 2. The molecule has 1 aliphatic rings. The predicted octanol–water partition coefficient (Wildman–Crippen LogP) is 5.83.